The van der Waals surface area contributed by atoms with E-state index in [9.17, 15) is 14.4 Å². The van der Waals surface area contributed by atoms with Gasteiger partial charge in [0.15, 0.2) is 5.96 Å². The van der Waals surface area contributed by atoms with E-state index in [0.717, 1.165) is 11.8 Å². The molecule has 134 valence electrons. The lowest BCUT2D eigenvalue weighted by Crippen LogP contribution is -2.32. The fourth-order valence-corrected chi connectivity index (χ4v) is 1.68. The molecule has 0 aromatic rings. The van der Waals surface area contributed by atoms with Gasteiger partial charge in [0, 0.05) is 12.3 Å². The average molecular weight is 353 g/mol. The Bertz CT molecular complexity index is 416. The van der Waals surface area contributed by atoms with Crippen molar-refractivity contribution in [1.29, 1.82) is 0 Å². The molecule has 0 bridgehead atoms. The Hall–Kier alpha value is -2.05. The molecule has 23 heavy (non-hydrogen) atoms. The Balaban J connectivity index is 0. The van der Waals surface area contributed by atoms with E-state index in [1.807, 2.05) is 0 Å². The van der Waals surface area contributed by atoms with Crippen LogP contribution in [-0.2, 0) is 14.4 Å². The van der Waals surface area contributed by atoms with Crippen molar-refractivity contribution in [3.63, 3.8) is 0 Å². The maximum absolute atomic E-state index is 10.2. The molecule has 0 aromatic heterocycles. The molecular formula is C11H23N5O6S. The molecular weight excluding hydrogens is 330 g/mol. The first-order valence-corrected chi connectivity index (χ1v) is 7.55. The van der Waals surface area contributed by atoms with Gasteiger partial charge in [0.1, 0.15) is 12.1 Å². The third-order valence-electron chi connectivity index (χ3n) is 2.12. The number of hydrogen-bond acceptors (Lipinski definition) is 7. The minimum absolute atomic E-state index is 0.0129. The first-order chi connectivity index (χ1) is 10.6. The molecule has 11 N–H and O–H groups in total. The standard InChI is InChI=1S/C6H14N4O2.C5H9NO4S/c7-4(5(11)12)2-1-3-10-6(8)9;6-3(5(9)10)1-11-2-4(7)8/h4H,1-3,7H2,(H,11,12)(H4,8,9,10);3H,1-2,6H2,(H,7,8)(H,9,10)/t4-;3-/m01/s1. The summed E-state index contributed by atoms with van der Waals surface area (Å²) in [7, 11) is 0. The second-order valence-corrected chi connectivity index (χ2v) is 5.28. The molecule has 0 aliphatic rings. The van der Waals surface area contributed by atoms with Crippen molar-refractivity contribution in [2.75, 3.05) is 18.1 Å². The molecule has 0 fully saturated rings. The molecule has 0 saturated heterocycles. The minimum atomic E-state index is -1.11. The Morgan fingerprint density at radius 1 is 1.00 bits per heavy atom. The van der Waals surface area contributed by atoms with Crippen LogP contribution in [0.15, 0.2) is 4.99 Å². The zero-order chi connectivity index (χ0) is 18.4. The number of rotatable bonds is 10. The summed E-state index contributed by atoms with van der Waals surface area (Å²) in [5.74, 6) is -3.04. The van der Waals surface area contributed by atoms with Gasteiger partial charge < -0.3 is 38.3 Å². The van der Waals surface area contributed by atoms with Crippen LogP contribution in [-0.4, -0.2) is 69.3 Å². The third kappa shape index (κ3) is 17.9. The molecule has 0 saturated carbocycles. The topological polar surface area (TPSA) is 228 Å². The Morgan fingerprint density at radius 3 is 1.91 bits per heavy atom. The van der Waals surface area contributed by atoms with Gasteiger partial charge in [-0.3, -0.25) is 19.4 Å². The monoisotopic (exact) mass is 353 g/mol. The van der Waals surface area contributed by atoms with Gasteiger partial charge in [-0.2, -0.15) is 0 Å². The van der Waals surface area contributed by atoms with Crippen LogP contribution < -0.4 is 22.9 Å². The van der Waals surface area contributed by atoms with Gasteiger partial charge in [0.05, 0.1) is 5.75 Å². The maximum Gasteiger partial charge on any atom is 0.321 e. The van der Waals surface area contributed by atoms with Crippen molar-refractivity contribution in [1.82, 2.24) is 0 Å². The van der Waals surface area contributed by atoms with Crippen LogP contribution in [0.1, 0.15) is 12.8 Å². The van der Waals surface area contributed by atoms with E-state index in [4.69, 9.17) is 38.3 Å². The summed E-state index contributed by atoms with van der Waals surface area (Å²) in [6.45, 7) is 0.420. The van der Waals surface area contributed by atoms with E-state index in [1.165, 1.54) is 0 Å². The highest BCUT2D eigenvalue weighted by atomic mass is 32.2. The number of hydrogen-bond donors (Lipinski definition) is 7. The predicted octanol–water partition coefficient (Wildman–Crippen LogP) is -2.33. The molecule has 0 aliphatic carbocycles. The molecule has 0 rings (SSSR count). The number of carbonyl (C=O) groups is 3. The van der Waals surface area contributed by atoms with Crippen LogP contribution in [0.5, 0.6) is 0 Å². The van der Waals surface area contributed by atoms with Gasteiger partial charge in [-0.25, -0.2) is 0 Å². The van der Waals surface area contributed by atoms with Gasteiger partial charge in [-0.15, -0.1) is 11.8 Å². The number of carboxylic acids is 3. The second kappa shape index (κ2) is 13.6. The summed E-state index contributed by atoms with van der Waals surface area (Å²) in [6.07, 6.45) is 0.956. The van der Waals surface area contributed by atoms with Gasteiger partial charge in [-0.1, -0.05) is 0 Å². The van der Waals surface area contributed by atoms with Gasteiger partial charge in [0.2, 0.25) is 0 Å². The Morgan fingerprint density at radius 2 is 1.52 bits per heavy atom. The molecule has 0 amide bonds. The molecule has 0 unspecified atom stereocenters. The number of thioether (sulfide) groups is 1. The highest BCUT2D eigenvalue weighted by molar-refractivity contribution is 8.00. The normalized spacial score (nSPS) is 12.3. The number of aliphatic carboxylic acids is 3. The molecule has 2 atom stereocenters. The zero-order valence-corrected chi connectivity index (χ0v) is 13.2. The van der Waals surface area contributed by atoms with Crippen LogP contribution in [0.4, 0.5) is 0 Å². The van der Waals surface area contributed by atoms with E-state index >= 15 is 0 Å². The second-order valence-electron chi connectivity index (χ2n) is 4.25. The average Bonchev–Trinajstić information content (AvgIpc) is 2.43. The van der Waals surface area contributed by atoms with E-state index in [1.54, 1.807) is 0 Å². The van der Waals surface area contributed by atoms with Crippen LogP contribution >= 0.6 is 11.8 Å². The maximum atomic E-state index is 10.2. The smallest absolute Gasteiger partial charge is 0.321 e. The van der Waals surface area contributed by atoms with E-state index in [-0.39, 0.29) is 17.5 Å². The van der Waals surface area contributed by atoms with E-state index in [0.29, 0.717) is 19.4 Å². The highest BCUT2D eigenvalue weighted by Gasteiger charge is 2.11. The molecule has 0 spiro atoms. The first-order valence-electron chi connectivity index (χ1n) is 6.39. The Labute approximate surface area is 137 Å². The SMILES string of the molecule is NC(N)=NCCC[C@H](N)C(=O)O.N[C@H](CSCC(=O)O)C(=O)O. The fraction of sp³-hybridized carbons (Fsp3) is 0.636. The minimum Gasteiger partial charge on any atom is -0.481 e. The molecule has 12 heteroatoms. The predicted molar refractivity (Wildman–Crippen MR) is 86.1 cm³/mol. The van der Waals surface area contributed by atoms with Gasteiger partial charge in [0.25, 0.3) is 0 Å². The number of nitrogens with zero attached hydrogens (tertiary/aromatic N) is 1. The van der Waals surface area contributed by atoms with Crippen LogP contribution in [0.25, 0.3) is 0 Å². The number of aliphatic imine (C=N–C) groups is 1. The Kier molecular flexibility index (Phi) is 13.7. The van der Waals surface area contributed by atoms with E-state index < -0.39 is 30.0 Å². The largest absolute Gasteiger partial charge is 0.481 e. The molecule has 0 aromatic carbocycles. The summed E-state index contributed by atoms with van der Waals surface area (Å²) >= 11 is 0.992. The summed E-state index contributed by atoms with van der Waals surface area (Å²) in [5.41, 5.74) is 20.4. The van der Waals surface area contributed by atoms with Gasteiger partial charge in [-0.05, 0) is 12.8 Å². The molecule has 0 heterocycles. The lowest BCUT2D eigenvalue weighted by molar-refractivity contribution is -0.139. The molecule has 11 nitrogen and oxygen atoms in total. The number of carboxylic acid groups (broad SMARTS) is 3. The van der Waals surface area contributed by atoms with Crippen molar-refractivity contribution in [2.24, 2.45) is 27.9 Å². The van der Waals surface area contributed by atoms with Crippen molar-refractivity contribution in [2.45, 2.75) is 24.9 Å². The quantitative estimate of drug-likeness (QED) is 0.125. The van der Waals surface area contributed by atoms with Crippen molar-refractivity contribution in [3.05, 3.63) is 0 Å². The summed E-state index contributed by atoms with van der Waals surface area (Å²) in [6, 6.07) is -1.79. The van der Waals surface area contributed by atoms with Crippen LogP contribution in [0.3, 0.4) is 0 Å². The fourth-order valence-electron chi connectivity index (χ4n) is 0.987. The number of guanidine groups is 1. The molecule has 0 radical (unpaired) electrons. The molecule has 0 aliphatic heterocycles. The third-order valence-corrected chi connectivity index (χ3v) is 3.17. The summed E-state index contributed by atoms with van der Waals surface area (Å²) < 4.78 is 0. The van der Waals surface area contributed by atoms with Gasteiger partial charge >= 0.3 is 17.9 Å². The number of nitrogens with two attached hydrogens (primary N) is 4. The lowest BCUT2D eigenvalue weighted by atomic mass is 10.2. The zero-order valence-electron chi connectivity index (χ0n) is 12.4. The van der Waals surface area contributed by atoms with Crippen molar-refractivity contribution in [3.8, 4) is 0 Å². The first kappa shape index (κ1) is 23.2. The van der Waals surface area contributed by atoms with Crippen LogP contribution in [0.2, 0.25) is 0 Å². The van der Waals surface area contributed by atoms with E-state index in [2.05, 4.69) is 4.99 Å². The van der Waals surface area contributed by atoms with Crippen molar-refractivity contribution < 1.29 is 29.7 Å². The summed E-state index contributed by atoms with van der Waals surface area (Å²) in [5, 5.41) is 24.8. The summed E-state index contributed by atoms with van der Waals surface area (Å²) in [4.78, 5) is 33.9. The van der Waals surface area contributed by atoms with Crippen LogP contribution in [0, 0.1) is 0 Å². The highest BCUT2D eigenvalue weighted by Crippen LogP contribution is 2.00. The van der Waals surface area contributed by atoms with Crippen molar-refractivity contribution >= 4 is 35.6 Å². The lowest BCUT2D eigenvalue weighted by Gasteiger charge is -2.03.